The number of carbonyl (C=O) groups excluding carboxylic acids is 3. The molecule has 1 aliphatic rings. The molecule has 0 aromatic rings. The van der Waals surface area contributed by atoms with E-state index < -0.39 is 23.9 Å². The van der Waals surface area contributed by atoms with Gasteiger partial charge in [0.05, 0.1) is 20.6 Å². The molecule has 1 saturated heterocycles. The van der Waals surface area contributed by atoms with E-state index in [-0.39, 0.29) is 38.5 Å². The minimum Gasteiger partial charge on any atom is -0.481 e. The summed E-state index contributed by atoms with van der Waals surface area (Å²) in [6.45, 7) is -0.178. The summed E-state index contributed by atoms with van der Waals surface area (Å²) in [4.78, 5) is 47.6. The number of aliphatic carboxylic acids is 1. The van der Waals surface area contributed by atoms with E-state index in [1.165, 1.54) is 19.1 Å². The standard InChI is InChI=1S/C12H18N2O7/c1-20-10(17)6-14(7-11(18)21-2)12(19)13-4-8(5-13)3-9(15)16/h8H,3-7H2,1-2H3,(H,15,16). The Morgan fingerprint density at radius 3 is 1.95 bits per heavy atom. The topological polar surface area (TPSA) is 113 Å². The molecule has 1 heterocycles. The molecule has 21 heavy (non-hydrogen) atoms. The van der Waals surface area contributed by atoms with Crippen LogP contribution in [0.4, 0.5) is 4.79 Å². The zero-order valence-electron chi connectivity index (χ0n) is 11.9. The molecule has 0 unspecified atom stereocenters. The molecule has 0 spiro atoms. The van der Waals surface area contributed by atoms with Crippen molar-refractivity contribution in [1.82, 2.24) is 9.80 Å². The van der Waals surface area contributed by atoms with E-state index in [0.717, 1.165) is 4.90 Å². The second-order valence-corrected chi connectivity index (χ2v) is 4.66. The van der Waals surface area contributed by atoms with Crippen molar-refractivity contribution < 1.29 is 33.8 Å². The van der Waals surface area contributed by atoms with Crippen LogP contribution in [0, 0.1) is 5.92 Å². The first-order chi connectivity index (χ1) is 9.87. The van der Waals surface area contributed by atoms with Gasteiger partial charge in [-0.2, -0.15) is 0 Å². The number of ether oxygens (including phenoxy) is 2. The van der Waals surface area contributed by atoms with Crippen molar-refractivity contribution in [3.8, 4) is 0 Å². The highest BCUT2D eigenvalue weighted by Crippen LogP contribution is 2.20. The van der Waals surface area contributed by atoms with Crippen LogP contribution < -0.4 is 0 Å². The molecule has 0 saturated carbocycles. The fourth-order valence-corrected chi connectivity index (χ4v) is 1.93. The molecule has 1 N–H and O–H groups in total. The molecule has 118 valence electrons. The van der Waals surface area contributed by atoms with Crippen LogP contribution in [0.2, 0.25) is 0 Å². The maximum absolute atomic E-state index is 12.1. The van der Waals surface area contributed by atoms with Crippen LogP contribution in [0.5, 0.6) is 0 Å². The van der Waals surface area contributed by atoms with Gasteiger partial charge in [-0.05, 0) is 0 Å². The molecule has 9 heteroatoms. The molecule has 1 rings (SSSR count). The number of carboxylic acid groups (broad SMARTS) is 1. The Morgan fingerprint density at radius 2 is 1.57 bits per heavy atom. The maximum atomic E-state index is 12.1. The molecule has 0 aliphatic carbocycles. The number of carboxylic acids is 1. The number of amides is 2. The maximum Gasteiger partial charge on any atom is 0.325 e. The first-order valence-corrected chi connectivity index (χ1v) is 6.26. The summed E-state index contributed by atoms with van der Waals surface area (Å²) in [5.74, 6) is -2.35. The fourth-order valence-electron chi connectivity index (χ4n) is 1.93. The van der Waals surface area contributed by atoms with E-state index in [2.05, 4.69) is 9.47 Å². The first kappa shape index (κ1) is 16.7. The van der Waals surface area contributed by atoms with Crippen molar-refractivity contribution in [1.29, 1.82) is 0 Å². The largest absolute Gasteiger partial charge is 0.481 e. The smallest absolute Gasteiger partial charge is 0.325 e. The van der Waals surface area contributed by atoms with Gasteiger partial charge in [-0.25, -0.2) is 4.79 Å². The Bertz CT molecular complexity index is 413. The Kier molecular flexibility index (Phi) is 5.94. The van der Waals surface area contributed by atoms with Crippen molar-refractivity contribution >= 4 is 23.9 Å². The summed E-state index contributed by atoms with van der Waals surface area (Å²) in [6, 6.07) is -0.521. The Morgan fingerprint density at radius 1 is 1.10 bits per heavy atom. The zero-order valence-corrected chi connectivity index (χ0v) is 11.9. The van der Waals surface area contributed by atoms with Gasteiger partial charge < -0.3 is 24.4 Å². The molecule has 9 nitrogen and oxygen atoms in total. The molecule has 2 amide bonds. The van der Waals surface area contributed by atoms with Crippen molar-refractivity contribution in [3.05, 3.63) is 0 Å². The van der Waals surface area contributed by atoms with Gasteiger partial charge in [0.2, 0.25) is 0 Å². The summed E-state index contributed by atoms with van der Waals surface area (Å²) in [5, 5.41) is 8.65. The number of hydrogen-bond donors (Lipinski definition) is 1. The zero-order chi connectivity index (χ0) is 16.0. The summed E-state index contributed by atoms with van der Waals surface area (Å²) >= 11 is 0. The highest BCUT2D eigenvalue weighted by atomic mass is 16.5. The summed E-state index contributed by atoms with van der Waals surface area (Å²) in [7, 11) is 2.35. The van der Waals surface area contributed by atoms with Gasteiger partial charge in [-0.1, -0.05) is 0 Å². The van der Waals surface area contributed by atoms with E-state index in [1.807, 2.05) is 0 Å². The predicted octanol–water partition coefficient (Wildman–Crippen LogP) is -0.839. The molecular formula is C12H18N2O7. The van der Waals surface area contributed by atoms with Crippen molar-refractivity contribution in [2.75, 3.05) is 40.4 Å². The molecule has 0 radical (unpaired) electrons. The van der Waals surface area contributed by atoms with Crippen molar-refractivity contribution in [2.45, 2.75) is 6.42 Å². The average molecular weight is 302 g/mol. The van der Waals surface area contributed by atoms with Crippen LogP contribution in [0.25, 0.3) is 0 Å². The number of nitrogens with zero attached hydrogens (tertiary/aromatic N) is 2. The van der Waals surface area contributed by atoms with E-state index >= 15 is 0 Å². The number of rotatable bonds is 6. The SMILES string of the molecule is COC(=O)CN(CC(=O)OC)C(=O)N1CC(CC(=O)O)C1. The Labute approximate surface area is 121 Å². The third kappa shape index (κ3) is 4.93. The number of methoxy groups -OCH3 is 2. The van der Waals surface area contributed by atoms with Crippen molar-refractivity contribution in [3.63, 3.8) is 0 Å². The summed E-state index contributed by atoms with van der Waals surface area (Å²) < 4.78 is 8.94. The average Bonchev–Trinajstić information content (AvgIpc) is 2.40. The highest BCUT2D eigenvalue weighted by molar-refractivity contribution is 5.85. The fraction of sp³-hybridized carbons (Fsp3) is 0.667. The third-order valence-electron chi connectivity index (χ3n) is 3.06. The molecule has 0 atom stereocenters. The predicted molar refractivity (Wildman–Crippen MR) is 68.3 cm³/mol. The third-order valence-corrected chi connectivity index (χ3v) is 3.06. The lowest BCUT2D eigenvalue weighted by molar-refractivity contribution is -0.144. The van der Waals surface area contributed by atoms with Gasteiger partial charge >= 0.3 is 23.9 Å². The van der Waals surface area contributed by atoms with Crippen LogP contribution in [0.3, 0.4) is 0 Å². The minimum atomic E-state index is -0.923. The van der Waals surface area contributed by atoms with Gasteiger partial charge in [0.1, 0.15) is 13.1 Å². The molecule has 1 aliphatic heterocycles. The van der Waals surface area contributed by atoms with Gasteiger partial charge in [0.15, 0.2) is 0 Å². The second-order valence-electron chi connectivity index (χ2n) is 4.66. The van der Waals surface area contributed by atoms with Gasteiger partial charge in [-0.15, -0.1) is 0 Å². The Balaban J connectivity index is 2.57. The number of esters is 2. The summed E-state index contributed by atoms with van der Waals surface area (Å²) in [6.07, 6.45) is -0.0161. The van der Waals surface area contributed by atoms with E-state index in [4.69, 9.17) is 5.11 Å². The normalized spacial score (nSPS) is 14.1. The molecule has 0 aromatic carbocycles. The molecule has 0 aromatic heterocycles. The van der Waals surface area contributed by atoms with Gasteiger partial charge in [0.25, 0.3) is 0 Å². The lowest BCUT2D eigenvalue weighted by atomic mass is 9.97. The second kappa shape index (κ2) is 7.46. The van der Waals surface area contributed by atoms with Crippen LogP contribution in [-0.4, -0.2) is 79.2 Å². The first-order valence-electron chi connectivity index (χ1n) is 6.26. The number of carbonyl (C=O) groups is 4. The minimum absolute atomic E-state index is 0.0161. The molecule has 1 fully saturated rings. The molecule has 0 bridgehead atoms. The van der Waals surface area contributed by atoms with Crippen LogP contribution in [0.1, 0.15) is 6.42 Å². The monoisotopic (exact) mass is 302 g/mol. The quantitative estimate of drug-likeness (QED) is 0.636. The van der Waals surface area contributed by atoms with Gasteiger partial charge in [-0.3, -0.25) is 14.4 Å². The van der Waals surface area contributed by atoms with E-state index in [1.54, 1.807) is 0 Å². The molecular weight excluding hydrogens is 284 g/mol. The number of likely N-dealkylation sites (tertiary alicyclic amines) is 1. The van der Waals surface area contributed by atoms with E-state index in [0.29, 0.717) is 0 Å². The highest BCUT2D eigenvalue weighted by Gasteiger charge is 2.35. The lowest BCUT2D eigenvalue weighted by Crippen LogP contribution is -2.56. The van der Waals surface area contributed by atoms with E-state index in [9.17, 15) is 19.2 Å². The number of hydrogen-bond acceptors (Lipinski definition) is 6. The summed E-state index contributed by atoms with van der Waals surface area (Å²) in [5.41, 5.74) is 0. The Hall–Kier alpha value is -2.32. The van der Waals surface area contributed by atoms with Crippen molar-refractivity contribution in [2.24, 2.45) is 5.92 Å². The number of urea groups is 1. The lowest BCUT2D eigenvalue weighted by Gasteiger charge is -2.40. The van der Waals surface area contributed by atoms with Crippen LogP contribution in [-0.2, 0) is 23.9 Å². The van der Waals surface area contributed by atoms with Gasteiger partial charge in [0, 0.05) is 19.0 Å². The van der Waals surface area contributed by atoms with Crippen LogP contribution >= 0.6 is 0 Å². The van der Waals surface area contributed by atoms with Crippen LogP contribution in [0.15, 0.2) is 0 Å².